The lowest BCUT2D eigenvalue weighted by Crippen LogP contribution is -2.35. The number of hydrogen-bond donors (Lipinski definition) is 1. The molecule has 30 heavy (non-hydrogen) atoms. The van der Waals surface area contributed by atoms with Gasteiger partial charge in [-0.25, -0.2) is 4.79 Å². The number of urea groups is 1. The minimum Gasteiger partial charge on any atom is -0.320 e. The number of nitrogens with zero attached hydrogens (tertiary/aromatic N) is 1. The lowest BCUT2D eigenvalue weighted by Gasteiger charge is -2.23. The van der Waals surface area contributed by atoms with E-state index in [0.717, 1.165) is 18.7 Å². The molecule has 1 N–H and O–H groups in total. The van der Waals surface area contributed by atoms with Crippen LogP contribution in [0.4, 0.5) is 10.5 Å². The summed E-state index contributed by atoms with van der Waals surface area (Å²) in [5.41, 5.74) is 2.02. The van der Waals surface area contributed by atoms with Gasteiger partial charge in [-0.3, -0.25) is 0 Å². The van der Waals surface area contributed by atoms with Crippen LogP contribution >= 0.6 is 0 Å². The second kappa shape index (κ2) is 15.5. The first kappa shape index (κ1) is 24.0. The molecular formula is C27H40N2O. The summed E-state index contributed by atoms with van der Waals surface area (Å²) in [6.45, 7) is 3.72. The molecule has 3 heteroatoms. The summed E-state index contributed by atoms with van der Waals surface area (Å²) < 4.78 is 0. The minimum absolute atomic E-state index is 0.0165. The molecule has 0 heterocycles. The van der Waals surface area contributed by atoms with Crippen LogP contribution in [-0.2, 0) is 6.54 Å². The molecule has 0 aliphatic carbocycles. The van der Waals surface area contributed by atoms with Gasteiger partial charge in [-0.2, -0.15) is 0 Å². The Morgan fingerprint density at radius 3 is 1.77 bits per heavy atom. The number of unbranched alkanes of at least 4 members (excludes halogenated alkanes) is 10. The Bertz CT molecular complexity index is 672. The molecular weight excluding hydrogens is 368 g/mol. The fourth-order valence-corrected chi connectivity index (χ4v) is 3.75. The zero-order valence-electron chi connectivity index (χ0n) is 18.8. The number of nitrogens with one attached hydrogen (secondary N) is 1. The molecule has 0 fully saturated rings. The number of amides is 2. The topological polar surface area (TPSA) is 32.3 Å². The normalized spacial score (nSPS) is 10.7. The van der Waals surface area contributed by atoms with Crippen molar-refractivity contribution < 1.29 is 4.79 Å². The molecule has 0 spiro atoms. The highest BCUT2D eigenvalue weighted by molar-refractivity contribution is 5.89. The molecule has 2 aromatic rings. The van der Waals surface area contributed by atoms with Crippen molar-refractivity contribution in [2.75, 3.05) is 11.9 Å². The smallest absolute Gasteiger partial charge is 0.320 e. The third-order valence-corrected chi connectivity index (χ3v) is 5.56. The number of para-hydroxylation sites is 1. The third kappa shape index (κ3) is 10.5. The highest BCUT2D eigenvalue weighted by atomic mass is 16.2. The molecule has 0 bridgehead atoms. The van der Waals surface area contributed by atoms with Gasteiger partial charge in [0.05, 0.1) is 0 Å². The van der Waals surface area contributed by atoms with E-state index in [1.54, 1.807) is 0 Å². The summed E-state index contributed by atoms with van der Waals surface area (Å²) in [5.74, 6) is 0. The van der Waals surface area contributed by atoms with E-state index in [9.17, 15) is 4.79 Å². The third-order valence-electron chi connectivity index (χ3n) is 5.56. The minimum atomic E-state index is -0.0165. The summed E-state index contributed by atoms with van der Waals surface area (Å²) in [5, 5.41) is 3.04. The second-order valence-electron chi connectivity index (χ2n) is 8.24. The van der Waals surface area contributed by atoms with Crippen molar-refractivity contribution in [1.29, 1.82) is 0 Å². The molecule has 2 aromatic carbocycles. The van der Waals surface area contributed by atoms with Crippen LogP contribution in [0.2, 0.25) is 0 Å². The number of carbonyl (C=O) groups is 1. The highest BCUT2D eigenvalue weighted by Gasteiger charge is 2.14. The van der Waals surface area contributed by atoms with Crippen LogP contribution in [0.15, 0.2) is 60.7 Å². The van der Waals surface area contributed by atoms with Gasteiger partial charge in [-0.1, -0.05) is 120 Å². The Morgan fingerprint density at radius 1 is 0.700 bits per heavy atom. The molecule has 2 rings (SSSR count). The van der Waals surface area contributed by atoms with E-state index in [1.165, 1.54) is 69.8 Å². The van der Waals surface area contributed by atoms with Crippen LogP contribution in [0.3, 0.4) is 0 Å². The van der Waals surface area contributed by atoms with Gasteiger partial charge in [0.15, 0.2) is 0 Å². The van der Waals surface area contributed by atoms with E-state index < -0.39 is 0 Å². The van der Waals surface area contributed by atoms with Gasteiger partial charge in [0.1, 0.15) is 0 Å². The molecule has 0 saturated heterocycles. The van der Waals surface area contributed by atoms with Crippen molar-refractivity contribution in [3.05, 3.63) is 66.2 Å². The van der Waals surface area contributed by atoms with Crippen molar-refractivity contribution in [1.82, 2.24) is 4.90 Å². The van der Waals surface area contributed by atoms with Crippen molar-refractivity contribution in [2.45, 2.75) is 84.1 Å². The van der Waals surface area contributed by atoms with Crippen molar-refractivity contribution in [2.24, 2.45) is 0 Å². The first-order valence-electron chi connectivity index (χ1n) is 11.9. The quantitative estimate of drug-likeness (QED) is 0.297. The molecule has 2 amide bonds. The van der Waals surface area contributed by atoms with Gasteiger partial charge in [0, 0.05) is 18.8 Å². The van der Waals surface area contributed by atoms with Crippen LogP contribution in [0.5, 0.6) is 0 Å². The average Bonchev–Trinajstić information content (AvgIpc) is 2.78. The molecule has 3 nitrogen and oxygen atoms in total. The van der Waals surface area contributed by atoms with Crippen molar-refractivity contribution >= 4 is 11.7 Å². The Labute approximate surface area is 183 Å². The van der Waals surface area contributed by atoms with Gasteiger partial charge < -0.3 is 10.2 Å². The van der Waals surface area contributed by atoms with Gasteiger partial charge >= 0.3 is 6.03 Å². The van der Waals surface area contributed by atoms with Crippen LogP contribution in [0.25, 0.3) is 0 Å². The Hall–Kier alpha value is -2.29. The number of carbonyl (C=O) groups excluding carboxylic acids is 1. The second-order valence-corrected chi connectivity index (χ2v) is 8.24. The van der Waals surface area contributed by atoms with E-state index in [1.807, 2.05) is 53.4 Å². The van der Waals surface area contributed by atoms with E-state index in [-0.39, 0.29) is 6.03 Å². The maximum atomic E-state index is 12.8. The predicted molar refractivity (Wildman–Crippen MR) is 129 cm³/mol. The largest absolute Gasteiger partial charge is 0.322 e. The predicted octanol–water partition coefficient (Wildman–Crippen LogP) is 8.03. The number of anilines is 1. The van der Waals surface area contributed by atoms with Gasteiger partial charge in [-0.05, 0) is 24.1 Å². The lowest BCUT2D eigenvalue weighted by atomic mass is 10.1. The number of rotatable bonds is 15. The molecule has 164 valence electrons. The molecule has 0 radical (unpaired) electrons. The SMILES string of the molecule is CCCCCCCCCCCCCN(Cc1ccccc1)C(=O)Nc1ccccc1. The molecule has 0 aromatic heterocycles. The van der Waals surface area contributed by atoms with Gasteiger partial charge in [0.2, 0.25) is 0 Å². The summed E-state index contributed by atoms with van der Waals surface area (Å²) >= 11 is 0. The maximum Gasteiger partial charge on any atom is 0.322 e. The Kier molecular flexibility index (Phi) is 12.4. The van der Waals surface area contributed by atoms with E-state index in [4.69, 9.17) is 0 Å². The zero-order chi connectivity index (χ0) is 21.3. The monoisotopic (exact) mass is 408 g/mol. The van der Waals surface area contributed by atoms with Gasteiger partial charge in [0.25, 0.3) is 0 Å². The van der Waals surface area contributed by atoms with E-state index in [2.05, 4.69) is 24.4 Å². The number of benzene rings is 2. The zero-order valence-corrected chi connectivity index (χ0v) is 18.8. The van der Waals surface area contributed by atoms with Crippen LogP contribution in [0, 0.1) is 0 Å². The van der Waals surface area contributed by atoms with E-state index in [0.29, 0.717) is 6.54 Å². The van der Waals surface area contributed by atoms with Crippen LogP contribution < -0.4 is 5.32 Å². The highest BCUT2D eigenvalue weighted by Crippen LogP contribution is 2.14. The lowest BCUT2D eigenvalue weighted by molar-refractivity contribution is 0.207. The number of hydrogen-bond acceptors (Lipinski definition) is 1. The van der Waals surface area contributed by atoms with Crippen LogP contribution in [-0.4, -0.2) is 17.5 Å². The van der Waals surface area contributed by atoms with Crippen molar-refractivity contribution in [3.63, 3.8) is 0 Å². The molecule has 0 aliphatic heterocycles. The maximum absolute atomic E-state index is 12.8. The summed E-state index contributed by atoms with van der Waals surface area (Å²) in [4.78, 5) is 14.8. The van der Waals surface area contributed by atoms with E-state index >= 15 is 0 Å². The molecule has 0 unspecified atom stereocenters. The summed E-state index contributed by atoms with van der Waals surface area (Å²) in [7, 11) is 0. The fourth-order valence-electron chi connectivity index (χ4n) is 3.75. The molecule has 0 atom stereocenters. The van der Waals surface area contributed by atoms with Crippen molar-refractivity contribution in [3.8, 4) is 0 Å². The summed E-state index contributed by atoms with van der Waals surface area (Å²) in [6, 6.07) is 20.0. The molecule has 0 aliphatic rings. The fraction of sp³-hybridized carbons (Fsp3) is 0.519. The average molecular weight is 409 g/mol. The first-order chi connectivity index (χ1) is 14.8. The first-order valence-corrected chi connectivity index (χ1v) is 11.9. The summed E-state index contributed by atoms with van der Waals surface area (Å²) in [6.07, 6.45) is 14.5. The Balaban J connectivity index is 1.69. The molecule has 0 saturated carbocycles. The van der Waals surface area contributed by atoms with Crippen LogP contribution in [0.1, 0.15) is 83.1 Å². The van der Waals surface area contributed by atoms with Gasteiger partial charge in [-0.15, -0.1) is 0 Å². The standard InChI is InChI=1S/C27H40N2O/c1-2-3-4-5-6-7-8-9-10-11-18-23-29(24-25-19-14-12-15-20-25)27(30)28-26-21-16-13-17-22-26/h12-17,19-22H,2-11,18,23-24H2,1H3,(H,28,30). The Morgan fingerprint density at radius 2 is 1.20 bits per heavy atom.